The van der Waals surface area contributed by atoms with Crippen LogP contribution < -0.4 is 15.9 Å². The minimum Gasteiger partial charge on any atom is -0.485 e. The van der Waals surface area contributed by atoms with Crippen LogP contribution in [0.5, 0.6) is 5.75 Å². The third-order valence-electron chi connectivity index (χ3n) is 4.25. The van der Waals surface area contributed by atoms with Crippen molar-refractivity contribution in [2.75, 3.05) is 7.05 Å². The molecule has 3 heterocycles. The predicted octanol–water partition coefficient (Wildman–Crippen LogP) is 0.208. The summed E-state index contributed by atoms with van der Waals surface area (Å²) >= 11 is 0. The Balaban J connectivity index is 1.84. The van der Waals surface area contributed by atoms with Gasteiger partial charge in [0.05, 0.1) is 5.56 Å². The van der Waals surface area contributed by atoms with Gasteiger partial charge in [-0.1, -0.05) is 23.7 Å². The molecular formula is C16H17BN4O2. The van der Waals surface area contributed by atoms with Gasteiger partial charge in [-0.05, 0) is 12.1 Å². The van der Waals surface area contributed by atoms with E-state index in [1.165, 1.54) is 5.06 Å². The molecule has 4 rings (SSSR count). The number of hydroxylamine groups is 2. The lowest BCUT2D eigenvalue weighted by Crippen LogP contribution is -2.37. The van der Waals surface area contributed by atoms with Gasteiger partial charge >= 0.3 is 0 Å². The molecule has 1 aromatic carbocycles. The summed E-state index contributed by atoms with van der Waals surface area (Å²) in [5.41, 5.74) is 8.13. The van der Waals surface area contributed by atoms with Crippen LogP contribution in [0, 0.1) is 0 Å². The Bertz CT molecular complexity index is 783. The van der Waals surface area contributed by atoms with E-state index in [-0.39, 0.29) is 6.10 Å². The van der Waals surface area contributed by atoms with E-state index in [0.717, 1.165) is 22.3 Å². The highest BCUT2D eigenvalue weighted by molar-refractivity contribution is 6.32. The van der Waals surface area contributed by atoms with Crippen LogP contribution >= 0.6 is 0 Å². The fraction of sp³-hybridized carbons (Fsp3) is 0.250. The quantitative estimate of drug-likeness (QED) is 0.762. The number of aromatic nitrogens is 1. The number of hydrogen-bond donors (Lipinski definition) is 1. The maximum atomic E-state index is 6.18. The van der Waals surface area contributed by atoms with Gasteiger partial charge in [-0.2, -0.15) is 0 Å². The predicted molar refractivity (Wildman–Crippen MR) is 89.0 cm³/mol. The van der Waals surface area contributed by atoms with Gasteiger partial charge in [-0.3, -0.25) is 4.98 Å². The summed E-state index contributed by atoms with van der Waals surface area (Å²) in [5.74, 6) is 1.13. The summed E-state index contributed by atoms with van der Waals surface area (Å²) in [7, 11) is 3.80. The largest absolute Gasteiger partial charge is 0.485 e. The lowest BCUT2D eigenvalue weighted by Gasteiger charge is -2.37. The van der Waals surface area contributed by atoms with Gasteiger partial charge < -0.3 is 10.5 Å². The maximum absolute atomic E-state index is 6.18. The summed E-state index contributed by atoms with van der Waals surface area (Å²) < 4.78 is 6.18. The molecule has 0 fully saturated rings. The van der Waals surface area contributed by atoms with Crippen LogP contribution in [0.15, 0.2) is 47.7 Å². The molecule has 2 atom stereocenters. The van der Waals surface area contributed by atoms with Crippen molar-refractivity contribution in [3.05, 3.63) is 53.9 Å². The smallest absolute Gasteiger partial charge is 0.222 e. The van der Waals surface area contributed by atoms with Crippen LogP contribution in [0.3, 0.4) is 0 Å². The minimum atomic E-state index is -0.848. The van der Waals surface area contributed by atoms with Crippen LogP contribution in [0.25, 0.3) is 0 Å². The van der Waals surface area contributed by atoms with E-state index in [0.29, 0.717) is 12.4 Å². The second-order valence-corrected chi connectivity index (χ2v) is 5.94. The highest BCUT2D eigenvalue weighted by atomic mass is 16.7. The van der Waals surface area contributed by atoms with Crippen molar-refractivity contribution in [1.29, 1.82) is 0 Å². The monoisotopic (exact) mass is 308 g/mol. The van der Waals surface area contributed by atoms with Crippen LogP contribution in [-0.2, 0) is 10.6 Å². The molecule has 6 nitrogen and oxygen atoms in total. The summed E-state index contributed by atoms with van der Waals surface area (Å²) in [6.07, 6.45) is 3.90. The number of pyridine rings is 1. The van der Waals surface area contributed by atoms with E-state index < -0.39 is 5.72 Å². The highest BCUT2D eigenvalue weighted by Gasteiger charge is 2.48. The Hall–Kier alpha value is -2.54. The third kappa shape index (κ3) is 2.24. The first-order chi connectivity index (χ1) is 11.1. The van der Waals surface area contributed by atoms with Crippen LogP contribution in [0.1, 0.15) is 23.7 Å². The number of ether oxygens (including phenoxy) is 1. The third-order valence-corrected chi connectivity index (χ3v) is 4.25. The Morgan fingerprint density at radius 2 is 2.26 bits per heavy atom. The van der Waals surface area contributed by atoms with Gasteiger partial charge in [-0.25, -0.2) is 14.9 Å². The van der Waals surface area contributed by atoms with Crippen molar-refractivity contribution in [3.8, 4) is 5.75 Å². The Labute approximate surface area is 135 Å². The fourth-order valence-electron chi connectivity index (χ4n) is 3.10. The molecule has 23 heavy (non-hydrogen) atoms. The van der Waals surface area contributed by atoms with Gasteiger partial charge in [0.25, 0.3) is 0 Å². The second-order valence-electron chi connectivity index (χ2n) is 5.94. The molecule has 2 aliphatic heterocycles. The van der Waals surface area contributed by atoms with E-state index in [4.69, 9.17) is 15.3 Å². The standard InChI is InChI=1S/C16H17BN4O2/c1-21-15(18)20-16(23-21)8-14(10-3-2-6-19-9-10)22-13-5-4-11(17)7-12(13)16/h2-7,9,14H,8,17H2,1H3,(H2,18,20). The number of hydrogen-bond acceptors (Lipinski definition) is 6. The van der Waals surface area contributed by atoms with E-state index in [9.17, 15) is 0 Å². The summed E-state index contributed by atoms with van der Waals surface area (Å²) in [4.78, 5) is 14.8. The van der Waals surface area contributed by atoms with Crippen molar-refractivity contribution >= 4 is 19.3 Å². The molecule has 0 saturated carbocycles. The fourth-order valence-corrected chi connectivity index (χ4v) is 3.10. The molecule has 2 aliphatic rings. The normalized spacial score (nSPS) is 25.9. The number of nitrogens with two attached hydrogens (primary N) is 1. The number of nitrogens with zero attached hydrogens (tertiary/aromatic N) is 3. The van der Waals surface area contributed by atoms with Gasteiger partial charge in [0.1, 0.15) is 19.7 Å². The van der Waals surface area contributed by atoms with E-state index in [2.05, 4.69) is 9.98 Å². The number of aliphatic imine (C=N–C) groups is 1. The second kappa shape index (κ2) is 4.99. The van der Waals surface area contributed by atoms with Crippen molar-refractivity contribution in [2.24, 2.45) is 10.7 Å². The van der Waals surface area contributed by atoms with Gasteiger partial charge in [0.2, 0.25) is 11.7 Å². The molecule has 1 spiro atoms. The Morgan fingerprint density at radius 3 is 2.96 bits per heavy atom. The highest BCUT2D eigenvalue weighted by Crippen LogP contribution is 2.49. The first kappa shape index (κ1) is 14.1. The van der Waals surface area contributed by atoms with Crippen molar-refractivity contribution < 1.29 is 9.57 Å². The Kier molecular flexibility index (Phi) is 3.06. The molecule has 2 unspecified atom stereocenters. The van der Waals surface area contributed by atoms with E-state index in [1.807, 2.05) is 44.4 Å². The molecule has 2 aromatic rings. The topological polar surface area (TPSA) is 73.0 Å². The van der Waals surface area contributed by atoms with E-state index in [1.54, 1.807) is 13.2 Å². The first-order valence-corrected chi connectivity index (χ1v) is 7.53. The zero-order valence-corrected chi connectivity index (χ0v) is 13.1. The minimum absolute atomic E-state index is 0.193. The maximum Gasteiger partial charge on any atom is 0.222 e. The first-order valence-electron chi connectivity index (χ1n) is 7.53. The SMILES string of the molecule is Bc1ccc2c(c1)C1(CC(c3cccnc3)O2)N=C(N)N(C)O1. The number of guanidine groups is 1. The number of rotatable bonds is 1. The zero-order chi connectivity index (χ0) is 16.0. The average molecular weight is 308 g/mol. The zero-order valence-electron chi connectivity index (χ0n) is 13.1. The lowest BCUT2D eigenvalue weighted by atomic mass is 9.86. The average Bonchev–Trinajstić information content (AvgIpc) is 2.83. The van der Waals surface area contributed by atoms with Gasteiger partial charge in [0, 0.05) is 31.4 Å². The molecule has 2 N–H and O–H groups in total. The summed E-state index contributed by atoms with van der Waals surface area (Å²) in [5, 5.41) is 1.51. The van der Waals surface area contributed by atoms with Gasteiger partial charge in [-0.15, -0.1) is 0 Å². The van der Waals surface area contributed by atoms with Crippen LogP contribution in [0.4, 0.5) is 0 Å². The molecule has 0 radical (unpaired) electrons. The molecule has 0 bridgehead atoms. The summed E-state index contributed by atoms with van der Waals surface area (Å²) in [6.45, 7) is 0. The molecule has 116 valence electrons. The number of fused-ring (bicyclic) bond motifs is 2. The van der Waals surface area contributed by atoms with Crippen molar-refractivity contribution in [3.63, 3.8) is 0 Å². The van der Waals surface area contributed by atoms with Crippen LogP contribution in [0.2, 0.25) is 0 Å². The van der Waals surface area contributed by atoms with Crippen molar-refractivity contribution in [2.45, 2.75) is 18.2 Å². The molecule has 7 heteroatoms. The van der Waals surface area contributed by atoms with Crippen molar-refractivity contribution in [1.82, 2.24) is 10.0 Å². The summed E-state index contributed by atoms with van der Waals surface area (Å²) in [6, 6.07) is 9.92. The van der Waals surface area contributed by atoms with E-state index >= 15 is 0 Å². The molecule has 0 amide bonds. The molecule has 1 aromatic heterocycles. The molecular weight excluding hydrogens is 291 g/mol. The Morgan fingerprint density at radius 1 is 1.39 bits per heavy atom. The molecule has 0 aliphatic carbocycles. The van der Waals surface area contributed by atoms with Crippen LogP contribution in [-0.4, -0.2) is 30.9 Å². The van der Waals surface area contributed by atoms with Gasteiger partial charge in [0.15, 0.2) is 0 Å². The molecule has 0 saturated heterocycles. The number of benzene rings is 1. The lowest BCUT2D eigenvalue weighted by molar-refractivity contribution is -0.191.